The summed E-state index contributed by atoms with van der Waals surface area (Å²) in [6.07, 6.45) is 4.22. The largest absolute Gasteiger partial charge is 0.503 e. The van der Waals surface area contributed by atoms with Crippen LogP contribution in [0.2, 0.25) is 0 Å². The van der Waals surface area contributed by atoms with E-state index in [1.807, 2.05) is 36.4 Å². The van der Waals surface area contributed by atoms with Gasteiger partial charge in [-0.3, -0.25) is 14.6 Å². The number of carbonyl (C=O) groups is 2. The Morgan fingerprint density at radius 1 is 1.18 bits per heavy atom. The minimum Gasteiger partial charge on any atom is -0.503 e. The van der Waals surface area contributed by atoms with Gasteiger partial charge in [0.15, 0.2) is 5.76 Å². The molecular weight excluding hydrogens is 436 g/mol. The Morgan fingerprint density at radius 2 is 1.97 bits per heavy atom. The maximum absolute atomic E-state index is 13.4. The van der Waals surface area contributed by atoms with E-state index in [0.29, 0.717) is 28.7 Å². The number of hydrogen-bond acceptors (Lipinski definition) is 6. The number of rotatable bonds is 9. The smallest absolute Gasteiger partial charge is 0.290 e. The quantitative estimate of drug-likeness (QED) is 0.434. The van der Waals surface area contributed by atoms with Crippen LogP contribution in [0.4, 0.5) is 0 Å². The van der Waals surface area contributed by atoms with Crippen molar-refractivity contribution >= 4 is 23.0 Å². The highest BCUT2D eigenvalue weighted by molar-refractivity contribution is 7.12. The zero-order valence-corrected chi connectivity index (χ0v) is 19.4. The van der Waals surface area contributed by atoms with E-state index < -0.39 is 17.7 Å². The van der Waals surface area contributed by atoms with Crippen LogP contribution in [0.3, 0.4) is 0 Å². The van der Waals surface area contributed by atoms with Gasteiger partial charge in [0.25, 0.3) is 5.91 Å². The second kappa shape index (κ2) is 10.0. The maximum atomic E-state index is 13.4. The number of nitrogens with zero attached hydrogens (tertiary/aromatic N) is 2. The van der Waals surface area contributed by atoms with Gasteiger partial charge < -0.3 is 14.7 Å². The molecule has 0 spiro atoms. The van der Waals surface area contributed by atoms with Crippen LogP contribution in [-0.2, 0) is 11.3 Å². The number of ether oxygens (including phenoxy) is 1. The van der Waals surface area contributed by atoms with Crippen molar-refractivity contribution in [3.8, 4) is 5.75 Å². The number of aliphatic hydroxyl groups excluding tert-OH is 1. The third-order valence-electron chi connectivity index (χ3n) is 5.53. The van der Waals surface area contributed by atoms with E-state index in [0.717, 1.165) is 12.0 Å². The molecule has 170 valence electrons. The van der Waals surface area contributed by atoms with Crippen molar-refractivity contribution in [1.82, 2.24) is 9.88 Å². The van der Waals surface area contributed by atoms with Gasteiger partial charge in [0, 0.05) is 18.9 Å². The van der Waals surface area contributed by atoms with E-state index in [4.69, 9.17) is 4.74 Å². The summed E-state index contributed by atoms with van der Waals surface area (Å²) in [6, 6.07) is 13.8. The Labute approximate surface area is 197 Å². The summed E-state index contributed by atoms with van der Waals surface area (Å²) in [5.41, 5.74) is 1.66. The molecule has 1 N–H and O–H groups in total. The fraction of sp³-hybridized carbons (Fsp3) is 0.269. The van der Waals surface area contributed by atoms with Gasteiger partial charge in [0.2, 0.25) is 5.78 Å². The molecule has 0 fully saturated rings. The molecule has 4 rings (SSSR count). The van der Waals surface area contributed by atoms with Crippen LogP contribution in [0.5, 0.6) is 5.75 Å². The molecular formula is C26H26N2O4S. The number of Topliss-reactive ketones (excluding diaryl/α,β-unsaturated/α-hetero) is 1. The van der Waals surface area contributed by atoms with Gasteiger partial charge >= 0.3 is 0 Å². The lowest BCUT2D eigenvalue weighted by molar-refractivity contribution is -0.130. The number of pyridine rings is 1. The molecule has 0 aliphatic carbocycles. The number of thiophene rings is 1. The minimum absolute atomic E-state index is 0.0934. The number of ketones is 1. The fourth-order valence-corrected chi connectivity index (χ4v) is 4.49. The Kier molecular flexibility index (Phi) is 6.89. The maximum Gasteiger partial charge on any atom is 0.290 e. The van der Waals surface area contributed by atoms with Crippen molar-refractivity contribution in [2.75, 3.05) is 6.61 Å². The van der Waals surface area contributed by atoms with Gasteiger partial charge in [-0.1, -0.05) is 32.0 Å². The summed E-state index contributed by atoms with van der Waals surface area (Å²) in [5.74, 6) is -0.226. The topological polar surface area (TPSA) is 79.7 Å². The number of benzene rings is 1. The average Bonchev–Trinajstić information content (AvgIpc) is 3.43. The van der Waals surface area contributed by atoms with Crippen LogP contribution in [0.25, 0.3) is 0 Å². The summed E-state index contributed by atoms with van der Waals surface area (Å²) < 4.78 is 5.92. The zero-order valence-electron chi connectivity index (χ0n) is 18.6. The van der Waals surface area contributed by atoms with Gasteiger partial charge in [-0.2, -0.15) is 0 Å². The lowest BCUT2D eigenvalue weighted by Gasteiger charge is -2.27. The van der Waals surface area contributed by atoms with Crippen molar-refractivity contribution < 1.29 is 19.4 Å². The van der Waals surface area contributed by atoms with E-state index in [2.05, 4.69) is 18.8 Å². The van der Waals surface area contributed by atoms with E-state index in [-0.39, 0.29) is 17.9 Å². The molecule has 3 aromatic rings. The van der Waals surface area contributed by atoms with E-state index in [9.17, 15) is 14.7 Å². The molecule has 1 aliphatic rings. The molecule has 0 bridgehead atoms. The average molecular weight is 463 g/mol. The van der Waals surface area contributed by atoms with Crippen LogP contribution in [0.1, 0.15) is 47.1 Å². The molecule has 3 heterocycles. The number of aliphatic hydroxyl groups is 1. The van der Waals surface area contributed by atoms with Crippen LogP contribution in [0, 0.1) is 5.92 Å². The number of aromatic nitrogens is 1. The van der Waals surface area contributed by atoms with Gasteiger partial charge in [0.1, 0.15) is 5.75 Å². The monoisotopic (exact) mass is 462 g/mol. The zero-order chi connectivity index (χ0) is 23.4. The molecule has 0 radical (unpaired) electrons. The molecule has 6 nitrogen and oxygen atoms in total. The molecule has 0 saturated carbocycles. The molecule has 7 heteroatoms. The summed E-state index contributed by atoms with van der Waals surface area (Å²) in [6.45, 7) is 5.08. The van der Waals surface area contributed by atoms with Crippen molar-refractivity contribution in [1.29, 1.82) is 0 Å². The first kappa shape index (κ1) is 22.7. The highest BCUT2D eigenvalue weighted by Gasteiger charge is 2.44. The Bertz CT molecular complexity index is 1160. The van der Waals surface area contributed by atoms with Crippen molar-refractivity contribution in [3.05, 3.63) is 93.6 Å². The Morgan fingerprint density at radius 3 is 2.67 bits per heavy atom. The first-order chi connectivity index (χ1) is 16.0. The molecule has 2 aromatic heterocycles. The van der Waals surface area contributed by atoms with Crippen LogP contribution < -0.4 is 4.74 Å². The standard InChI is InChI=1S/C26H26N2O4S/c1-17(2)10-13-32-20-6-3-5-19(15-20)23-22(24(29)21-7-4-14-33-21)25(30)26(31)28(23)16-18-8-11-27-12-9-18/h3-9,11-12,14-15,17,23,30H,10,13,16H2,1-2H3. The van der Waals surface area contributed by atoms with Crippen LogP contribution in [0.15, 0.2) is 77.6 Å². The lowest BCUT2D eigenvalue weighted by Crippen LogP contribution is -2.30. The van der Waals surface area contributed by atoms with E-state index >= 15 is 0 Å². The number of hydrogen-bond donors (Lipinski definition) is 1. The number of carbonyl (C=O) groups excluding carboxylic acids is 2. The first-order valence-corrected chi connectivity index (χ1v) is 11.8. The van der Waals surface area contributed by atoms with Gasteiger partial charge in [-0.05, 0) is 59.2 Å². The van der Waals surface area contributed by atoms with Gasteiger partial charge in [0.05, 0.1) is 23.1 Å². The Hall–Kier alpha value is -3.45. The highest BCUT2D eigenvalue weighted by Crippen LogP contribution is 2.41. The summed E-state index contributed by atoms with van der Waals surface area (Å²) >= 11 is 1.28. The van der Waals surface area contributed by atoms with Gasteiger partial charge in [-0.25, -0.2) is 0 Å². The van der Waals surface area contributed by atoms with Crippen molar-refractivity contribution in [2.45, 2.75) is 32.9 Å². The summed E-state index contributed by atoms with van der Waals surface area (Å²) in [7, 11) is 0. The highest BCUT2D eigenvalue weighted by atomic mass is 32.1. The third-order valence-corrected chi connectivity index (χ3v) is 6.40. The summed E-state index contributed by atoms with van der Waals surface area (Å²) in [5, 5.41) is 12.6. The lowest BCUT2D eigenvalue weighted by atomic mass is 9.95. The molecule has 1 atom stereocenters. The van der Waals surface area contributed by atoms with E-state index in [1.54, 1.807) is 29.9 Å². The van der Waals surface area contributed by atoms with E-state index in [1.165, 1.54) is 16.2 Å². The second-order valence-corrected chi connectivity index (χ2v) is 9.31. The molecule has 1 aromatic carbocycles. The molecule has 33 heavy (non-hydrogen) atoms. The van der Waals surface area contributed by atoms with Gasteiger partial charge in [-0.15, -0.1) is 11.3 Å². The minimum atomic E-state index is -0.728. The molecule has 1 amide bonds. The van der Waals surface area contributed by atoms with Crippen LogP contribution in [-0.4, -0.2) is 33.3 Å². The fourth-order valence-electron chi connectivity index (χ4n) is 3.81. The number of amides is 1. The summed E-state index contributed by atoms with van der Waals surface area (Å²) in [4.78, 5) is 32.5. The first-order valence-electron chi connectivity index (χ1n) is 10.9. The predicted octanol–water partition coefficient (Wildman–Crippen LogP) is 5.35. The molecule has 1 unspecified atom stereocenters. The van der Waals surface area contributed by atoms with Crippen molar-refractivity contribution in [3.63, 3.8) is 0 Å². The molecule has 0 saturated heterocycles. The third kappa shape index (κ3) is 4.98. The predicted molar refractivity (Wildman–Crippen MR) is 127 cm³/mol. The Balaban J connectivity index is 1.72. The normalized spacial score (nSPS) is 16.0. The molecule has 1 aliphatic heterocycles. The van der Waals surface area contributed by atoms with Crippen molar-refractivity contribution in [2.24, 2.45) is 5.92 Å². The second-order valence-electron chi connectivity index (χ2n) is 8.36. The van der Waals surface area contributed by atoms with Crippen LogP contribution >= 0.6 is 11.3 Å². The SMILES string of the molecule is CC(C)CCOc1cccc(C2C(C(=O)c3cccs3)=C(O)C(=O)N2Cc2ccncc2)c1.